The van der Waals surface area contributed by atoms with Crippen LogP contribution in [-0.2, 0) is 19.0 Å². The van der Waals surface area contributed by atoms with Gasteiger partial charge in [0.05, 0.1) is 26.4 Å². The van der Waals surface area contributed by atoms with Crippen molar-refractivity contribution >= 4 is 12.1 Å². The highest BCUT2D eigenvalue weighted by Crippen LogP contribution is 2.24. The maximum atomic E-state index is 12.1. The first-order chi connectivity index (χ1) is 9.28. The van der Waals surface area contributed by atoms with E-state index in [4.69, 9.17) is 14.2 Å². The lowest BCUT2D eigenvalue weighted by Crippen LogP contribution is -2.44. The maximum absolute atomic E-state index is 12.1. The minimum atomic E-state index is -0.662. The van der Waals surface area contributed by atoms with Crippen molar-refractivity contribution in [1.82, 2.24) is 4.90 Å². The van der Waals surface area contributed by atoms with Crippen molar-refractivity contribution in [2.75, 3.05) is 20.3 Å². The summed E-state index contributed by atoms with van der Waals surface area (Å²) in [5, 5.41) is 0. The van der Waals surface area contributed by atoms with Crippen molar-refractivity contribution in [2.24, 2.45) is 0 Å². The summed E-state index contributed by atoms with van der Waals surface area (Å²) in [4.78, 5) is 25.3. The smallest absolute Gasteiger partial charge is 0.411 e. The van der Waals surface area contributed by atoms with Crippen LogP contribution >= 0.6 is 0 Å². The number of rotatable bonds is 4. The lowest BCUT2D eigenvalue weighted by Gasteiger charge is -2.27. The molecule has 0 spiro atoms. The monoisotopic (exact) mass is 285 g/mol. The molecule has 0 N–H and O–H groups in total. The molecular formula is C14H23NO5. The molecular weight excluding hydrogens is 262 g/mol. The Morgan fingerprint density at radius 2 is 2.05 bits per heavy atom. The standard InChI is InChI=1S/C14H23NO5/c1-6-7-19-10-8-11(12(16)18-5)15(9-10)13(17)20-14(2,3)4/h6,10-11H,1,7-9H2,2-5H3/t10-,11?/m0/s1. The molecule has 1 amide bonds. The molecule has 0 bridgehead atoms. The Bertz CT molecular complexity index is 374. The van der Waals surface area contributed by atoms with Crippen LogP contribution in [0.3, 0.4) is 0 Å². The van der Waals surface area contributed by atoms with Crippen LogP contribution in [0.4, 0.5) is 4.79 Å². The van der Waals surface area contributed by atoms with Gasteiger partial charge in [0, 0.05) is 6.42 Å². The number of nitrogens with zero attached hydrogens (tertiary/aromatic N) is 1. The van der Waals surface area contributed by atoms with Gasteiger partial charge in [0.15, 0.2) is 0 Å². The fraction of sp³-hybridized carbons (Fsp3) is 0.714. The van der Waals surface area contributed by atoms with E-state index in [1.807, 2.05) is 0 Å². The summed E-state index contributed by atoms with van der Waals surface area (Å²) in [7, 11) is 1.30. The molecule has 0 aromatic rings. The molecule has 1 rings (SSSR count). The number of esters is 1. The Kier molecular flexibility index (Phi) is 5.56. The Morgan fingerprint density at radius 1 is 1.40 bits per heavy atom. The highest BCUT2D eigenvalue weighted by molar-refractivity contribution is 5.82. The molecule has 0 saturated carbocycles. The zero-order valence-corrected chi connectivity index (χ0v) is 12.5. The van der Waals surface area contributed by atoms with Crippen LogP contribution in [0.5, 0.6) is 0 Å². The molecule has 0 aromatic carbocycles. The van der Waals surface area contributed by atoms with E-state index < -0.39 is 23.7 Å². The Hall–Kier alpha value is -1.56. The van der Waals surface area contributed by atoms with Crippen LogP contribution in [0.1, 0.15) is 27.2 Å². The van der Waals surface area contributed by atoms with Gasteiger partial charge in [-0.1, -0.05) is 6.08 Å². The summed E-state index contributed by atoms with van der Waals surface area (Å²) >= 11 is 0. The average molecular weight is 285 g/mol. The third-order valence-electron chi connectivity index (χ3n) is 2.81. The topological polar surface area (TPSA) is 65.1 Å². The molecule has 1 aliphatic heterocycles. The predicted octanol–water partition coefficient (Wildman–Crippen LogP) is 1.74. The van der Waals surface area contributed by atoms with Gasteiger partial charge in [-0.2, -0.15) is 0 Å². The Morgan fingerprint density at radius 3 is 2.55 bits per heavy atom. The van der Waals surface area contributed by atoms with Gasteiger partial charge in [-0.25, -0.2) is 9.59 Å². The highest BCUT2D eigenvalue weighted by Gasteiger charge is 2.42. The normalized spacial score (nSPS) is 22.5. The van der Waals surface area contributed by atoms with E-state index in [0.29, 0.717) is 19.6 Å². The molecule has 6 nitrogen and oxygen atoms in total. The number of amides is 1. The molecule has 2 atom stereocenters. The van der Waals surface area contributed by atoms with Crippen LogP contribution in [0, 0.1) is 0 Å². The number of ether oxygens (including phenoxy) is 3. The SMILES string of the molecule is C=CCO[C@H]1CC(C(=O)OC)N(C(=O)OC(C)(C)C)C1. The van der Waals surface area contributed by atoms with Crippen molar-refractivity contribution in [2.45, 2.75) is 44.9 Å². The zero-order valence-electron chi connectivity index (χ0n) is 12.5. The molecule has 0 aliphatic carbocycles. The largest absolute Gasteiger partial charge is 0.467 e. The van der Waals surface area contributed by atoms with Crippen molar-refractivity contribution < 1.29 is 23.8 Å². The quantitative estimate of drug-likeness (QED) is 0.581. The number of hydrogen-bond donors (Lipinski definition) is 0. The number of carbonyl (C=O) groups is 2. The number of methoxy groups -OCH3 is 1. The third-order valence-corrected chi connectivity index (χ3v) is 2.81. The fourth-order valence-electron chi connectivity index (χ4n) is 2.00. The van der Waals surface area contributed by atoms with E-state index in [0.717, 1.165) is 0 Å². The fourth-order valence-corrected chi connectivity index (χ4v) is 2.00. The molecule has 6 heteroatoms. The second-order valence-corrected chi connectivity index (χ2v) is 5.65. The van der Waals surface area contributed by atoms with Crippen LogP contribution in [-0.4, -0.2) is 55.0 Å². The summed E-state index contributed by atoms with van der Waals surface area (Å²) in [6.07, 6.45) is 1.28. The minimum absolute atomic E-state index is 0.218. The Labute approximate surface area is 119 Å². The van der Waals surface area contributed by atoms with Crippen molar-refractivity contribution in [3.8, 4) is 0 Å². The molecule has 1 saturated heterocycles. The number of hydrogen-bond acceptors (Lipinski definition) is 5. The van der Waals surface area contributed by atoms with Crippen molar-refractivity contribution in [3.05, 3.63) is 12.7 Å². The van der Waals surface area contributed by atoms with Gasteiger partial charge in [-0.15, -0.1) is 6.58 Å². The van der Waals surface area contributed by atoms with Crippen molar-refractivity contribution in [3.63, 3.8) is 0 Å². The first-order valence-electron chi connectivity index (χ1n) is 6.58. The van der Waals surface area contributed by atoms with Gasteiger partial charge in [0.1, 0.15) is 11.6 Å². The predicted molar refractivity (Wildman–Crippen MR) is 73.3 cm³/mol. The van der Waals surface area contributed by atoms with E-state index in [1.165, 1.54) is 12.0 Å². The lowest BCUT2D eigenvalue weighted by atomic mass is 10.2. The van der Waals surface area contributed by atoms with E-state index in [9.17, 15) is 9.59 Å². The van der Waals surface area contributed by atoms with Gasteiger partial charge in [-0.05, 0) is 20.8 Å². The van der Waals surface area contributed by atoms with Crippen LogP contribution in [0.2, 0.25) is 0 Å². The highest BCUT2D eigenvalue weighted by atomic mass is 16.6. The van der Waals surface area contributed by atoms with E-state index in [2.05, 4.69) is 6.58 Å². The molecule has 114 valence electrons. The van der Waals surface area contributed by atoms with E-state index >= 15 is 0 Å². The van der Waals surface area contributed by atoms with Gasteiger partial charge in [-0.3, -0.25) is 4.90 Å². The third kappa shape index (κ3) is 4.52. The first kappa shape index (κ1) is 16.5. The molecule has 1 aliphatic rings. The van der Waals surface area contributed by atoms with Gasteiger partial charge >= 0.3 is 12.1 Å². The van der Waals surface area contributed by atoms with Gasteiger partial charge < -0.3 is 14.2 Å². The molecule has 1 fully saturated rings. The molecule has 0 aromatic heterocycles. The van der Waals surface area contributed by atoms with E-state index in [-0.39, 0.29) is 6.10 Å². The second kappa shape index (κ2) is 6.74. The molecule has 20 heavy (non-hydrogen) atoms. The lowest BCUT2D eigenvalue weighted by molar-refractivity contribution is -0.145. The summed E-state index contributed by atoms with van der Waals surface area (Å²) < 4.78 is 15.5. The number of carbonyl (C=O) groups excluding carboxylic acids is 2. The second-order valence-electron chi connectivity index (χ2n) is 5.65. The molecule has 0 radical (unpaired) electrons. The summed E-state index contributed by atoms with van der Waals surface area (Å²) in [5.74, 6) is -0.458. The van der Waals surface area contributed by atoms with Gasteiger partial charge in [0.2, 0.25) is 0 Å². The molecule has 1 heterocycles. The van der Waals surface area contributed by atoms with Crippen LogP contribution < -0.4 is 0 Å². The summed E-state index contributed by atoms with van der Waals surface area (Å²) in [6.45, 7) is 9.59. The van der Waals surface area contributed by atoms with Crippen molar-refractivity contribution in [1.29, 1.82) is 0 Å². The summed E-state index contributed by atoms with van der Waals surface area (Å²) in [6, 6.07) is -0.662. The minimum Gasteiger partial charge on any atom is -0.467 e. The zero-order chi connectivity index (χ0) is 15.3. The number of likely N-dealkylation sites (tertiary alicyclic amines) is 1. The summed E-state index contributed by atoms with van der Waals surface area (Å²) in [5.41, 5.74) is -0.613. The van der Waals surface area contributed by atoms with Crippen LogP contribution in [0.15, 0.2) is 12.7 Å². The average Bonchev–Trinajstić information content (AvgIpc) is 2.77. The Balaban J connectivity index is 2.76. The van der Waals surface area contributed by atoms with Gasteiger partial charge in [0.25, 0.3) is 0 Å². The molecule has 1 unspecified atom stereocenters. The van der Waals surface area contributed by atoms with Crippen LogP contribution in [0.25, 0.3) is 0 Å². The first-order valence-corrected chi connectivity index (χ1v) is 6.58. The van der Waals surface area contributed by atoms with E-state index in [1.54, 1.807) is 26.8 Å². The maximum Gasteiger partial charge on any atom is 0.411 e.